The van der Waals surface area contributed by atoms with Crippen molar-refractivity contribution < 1.29 is 0 Å². The van der Waals surface area contributed by atoms with Crippen LogP contribution >= 0.6 is 0 Å². The lowest BCUT2D eigenvalue weighted by atomic mass is 10.1. The van der Waals surface area contributed by atoms with E-state index in [0.717, 1.165) is 22.5 Å². The maximum atomic E-state index is 4.20. The second-order valence-electron chi connectivity index (χ2n) is 3.97. The zero-order chi connectivity index (χ0) is 12.2. The fourth-order valence-electron chi connectivity index (χ4n) is 1.84. The molecule has 0 fully saturated rings. The molecule has 0 saturated carbocycles. The highest BCUT2D eigenvalue weighted by Crippen LogP contribution is 2.21. The summed E-state index contributed by atoms with van der Waals surface area (Å²) in [7, 11) is 0. The van der Waals surface area contributed by atoms with E-state index in [1.165, 1.54) is 0 Å². The lowest BCUT2D eigenvalue weighted by molar-refractivity contribution is 1.16. The molecular weight excluding hydrogens is 220 g/mol. The van der Waals surface area contributed by atoms with Crippen LogP contribution in [0.5, 0.6) is 0 Å². The molecule has 3 aromatic rings. The van der Waals surface area contributed by atoms with Gasteiger partial charge in [0, 0.05) is 11.1 Å². The maximum Gasteiger partial charge on any atom is 0.198 e. The number of rotatable bonds is 2. The Hall–Kier alpha value is -2.48. The minimum atomic E-state index is 0.893. The Kier molecular flexibility index (Phi) is 2.84. The van der Waals surface area contributed by atoms with Crippen LogP contribution in [0.4, 0.5) is 0 Å². The Morgan fingerprint density at radius 2 is 1.06 bits per heavy atom. The molecule has 2 nitrogen and oxygen atoms in total. The first-order valence-electron chi connectivity index (χ1n) is 5.79. The van der Waals surface area contributed by atoms with Crippen LogP contribution in [0, 0.1) is 6.33 Å². The number of hydrogen-bond donors (Lipinski definition) is 0. The Morgan fingerprint density at radius 3 is 1.50 bits per heavy atom. The summed E-state index contributed by atoms with van der Waals surface area (Å²) in [6, 6.07) is 22.1. The van der Waals surface area contributed by atoms with E-state index < -0.39 is 0 Å². The van der Waals surface area contributed by atoms with Crippen LogP contribution in [0.25, 0.3) is 22.5 Å². The molecule has 0 aliphatic rings. The first-order chi connectivity index (χ1) is 8.93. The predicted octanol–water partition coefficient (Wildman–Crippen LogP) is 3.61. The summed E-state index contributed by atoms with van der Waals surface area (Å²) in [6.07, 6.45) is 2.73. The third-order valence-electron chi connectivity index (χ3n) is 2.75. The third kappa shape index (κ3) is 2.13. The van der Waals surface area contributed by atoms with Crippen LogP contribution in [0.15, 0.2) is 66.7 Å². The molecule has 0 atom stereocenters. The lowest BCUT2D eigenvalue weighted by Gasteiger charge is -2.03. The van der Waals surface area contributed by atoms with Crippen molar-refractivity contribution >= 4 is 0 Å². The van der Waals surface area contributed by atoms with Crippen LogP contribution < -0.4 is 0 Å². The molecule has 0 saturated heterocycles. The van der Waals surface area contributed by atoms with Crippen molar-refractivity contribution in [3.05, 3.63) is 73.1 Å². The van der Waals surface area contributed by atoms with Gasteiger partial charge < -0.3 is 0 Å². The van der Waals surface area contributed by atoms with E-state index in [2.05, 4.69) is 16.3 Å². The van der Waals surface area contributed by atoms with Gasteiger partial charge in [-0.25, -0.2) is 9.97 Å². The zero-order valence-corrected chi connectivity index (χ0v) is 9.75. The maximum absolute atomic E-state index is 4.20. The SMILES string of the molecule is [c]1nc(-c2ccccc2)cc(-c2ccccc2)n1. The topological polar surface area (TPSA) is 25.8 Å². The van der Waals surface area contributed by atoms with Gasteiger partial charge >= 0.3 is 0 Å². The van der Waals surface area contributed by atoms with E-state index in [0.29, 0.717) is 0 Å². The molecule has 0 aliphatic carbocycles. The molecule has 3 rings (SSSR count). The van der Waals surface area contributed by atoms with Crippen LogP contribution in [0.3, 0.4) is 0 Å². The highest BCUT2D eigenvalue weighted by atomic mass is 14.8. The summed E-state index contributed by atoms with van der Waals surface area (Å²) >= 11 is 0. The first kappa shape index (κ1) is 10.7. The van der Waals surface area contributed by atoms with Gasteiger partial charge in [0.2, 0.25) is 0 Å². The Labute approximate surface area is 106 Å². The largest absolute Gasteiger partial charge is 0.225 e. The number of aromatic nitrogens is 2. The van der Waals surface area contributed by atoms with Crippen molar-refractivity contribution in [2.75, 3.05) is 0 Å². The average Bonchev–Trinajstić information content (AvgIpc) is 2.49. The highest BCUT2D eigenvalue weighted by molar-refractivity contribution is 5.67. The van der Waals surface area contributed by atoms with E-state index in [4.69, 9.17) is 0 Å². The second kappa shape index (κ2) is 4.80. The molecule has 2 aromatic carbocycles. The molecule has 0 unspecified atom stereocenters. The monoisotopic (exact) mass is 231 g/mol. The highest BCUT2D eigenvalue weighted by Gasteiger charge is 2.03. The molecule has 1 radical (unpaired) electrons. The molecule has 18 heavy (non-hydrogen) atoms. The molecule has 0 spiro atoms. The summed E-state index contributed by atoms with van der Waals surface area (Å²) in [6.45, 7) is 0. The van der Waals surface area contributed by atoms with E-state index in [1.54, 1.807) is 0 Å². The number of nitrogens with zero attached hydrogens (tertiary/aromatic N) is 2. The van der Waals surface area contributed by atoms with Gasteiger partial charge in [0.25, 0.3) is 0 Å². The van der Waals surface area contributed by atoms with Crippen LogP contribution in [0.2, 0.25) is 0 Å². The van der Waals surface area contributed by atoms with Gasteiger partial charge in [-0.1, -0.05) is 60.7 Å². The zero-order valence-electron chi connectivity index (χ0n) is 9.75. The quantitative estimate of drug-likeness (QED) is 0.673. The van der Waals surface area contributed by atoms with Gasteiger partial charge in [-0.05, 0) is 6.07 Å². The van der Waals surface area contributed by atoms with Crippen LogP contribution in [-0.2, 0) is 0 Å². The summed E-state index contributed by atoms with van der Waals surface area (Å²) in [5, 5.41) is 0. The summed E-state index contributed by atoms with van der Waals surface area (Å²) in [5.41, 5.74) is 3.94. The fourth-order valence-corrected chi connectivity index (χ4v) is 1.84. The first-order valence-corrected chi connectivity index (χ1v) is 5.79. The van der Waals surface area contributed by atoms with Crippen LogP contribution in [-0.4, -0.2) is 9.97 Å². The van der Waals surface area contributed by atoms with Crippen molar-refractivity contribution in [2.45, 2.75) is 0 Å². The molecule has 0 amide bonds. The van der Waals surface area contributed by atoms with Crippen molar-refractivity contribution in [3.8, 4) is 22.5 Å². The second-order valence-corrected chi connectivity index (χ2v) is 3.97. The van der Waals surface area contributed by atoms with Crippen molar-refractivity contribution in [3.63, 3.8) is 0 Å². The lowest BCUT2D eigenvalue weighted by Crippen LogP contribution is -1.89. The minimum Gasteiger partial charge on any atom is -0.225 e. The molecule has 2 heteroatoms. The average molecular weight is 231 g/mol. The summed E-state index contributed by atoms with van der Waals surface area (Å²) in [5.74, 6) is 0. The van der Waals surface area contributed by atoms with Crippen molar-refractivity contribution in [2.24, 2.45) is 0 Å². The van der Waals surface area contributed by atoms with Gasteiger partial charge in [-0.2, -0.15) is 0 Å². The molecule has 0 N–H and O–H groups in total. The van der Waals surface area contributed by atoms with Gasteiger partial charge in [0.1, 0.15) is 0 Å². The van der Waals surface area contributed by atoms with Gasteiger partial charge in [-0.3, -0.25) is 0 Å². The Balaban J connectivity index is 2.05. The standard InChI is InChI=1S/C16H11N2/c1-3-7-13(8-4-1)15-11-16(18-12-17-15)14-9-5-2-6-10-14/h1-11H. The Bertz CT molecular complexity index is 579. The third-order valence-corrected chi connectivity index (χ3v) is 2.75. The normalized spacial score (nSPS) is 10.2. The molecular formula is C16H11N2. The van der Waals surface area contributed by atoms with E-state index >= 15 is 0 Å². The van der Waals surface area contributed by atoms with Gasteiger partial charge in [0.05, 0.1) is 11.4 Å². The number of benzene rings is 2. The van der Waals surface area contributed by atoms with Crippen molar-refractivity contribution in [1.82, 2.24) is 9.97 Å². The Morgan fingerprint density at radius 1 is 0.611 bits per heavy atom. The molecule has 0 aliphatic heterocycles. The summed E-state index contributed by atoms with van der Waals surface area (Å²) in [4.78, 5) is 8.40. The van der Waals surface area contributed by atoms with E-state index in [1.807, 2.05) is 66.7 Å². The summed E-state index contributed by atoms with van der Waals surface area (Å²) < 4.78 is 0. The van der Waals surface area contributed by atoms with Crippen LogP contribution in [0.1, 0.15) is 0 Å². The molecule has 1 heterocycles. The molecule has 1 aromatic heterocycles. The van der Waals surface area contributed by atoms with Gasteiger partial charge in [-0.15, -0.1) is 0 Å². The van der Waals surface area contributed by atoms with Crippen molar-refractivity contribution in [1.29, 1.82) is 0 Å². The molecule has 0 bridgehead atoms. The number of hydrogen-bond acceptors (Lipinski definition) is 2. The molecule has 85 valence electrons. The minimum absolute atomic E-state index is 0.893. The van der Waals surface area contributed by atoms with E-state index in [9.17, 15) is 0 Å². The fraction of sp³-hybridized carbons (Fsp3) is 0. The predicted molar refractivity (Wildman–Crippen MR) is 71.7 cm³/mol. The smallest absolute Gasteiger partial charge is 0.198 e. The van der Waals surface area contributed by atoms with Gasteiger partial charge in [0.15, 0.2) is 6.33 Å². The van der Waals surface area contributed by atoms with E-state index in [-0.39, 0.29) is 0 Å².